The molecule has 0 atom stereocenters. The van der Waals surface area contributed by atoms with Gasteiger partial charge in [-0.25, -0.2) is 0 Å². The van der Waals surface area contributed by atoms with Crippen LogP contribution in [0.2, 0.25) is 0 Å². The van der Waals surface area contributed by atoms with Crippen molar-refractivity contribution < 1.29 is 0 Å². The van der Waals surface area contributed by atoms with Crippen molar-refractivity contribution >= 4 is 0 Å². The first kappa shape index (κ1) is 19.4. The highest BCUT2D eigenvalue weighted by Crippen LogP contribution is 2.18. The Bertz CT molecular complexity index is 273. The molecule has 0 radical (unpaired) electrons. The van der Waals surface area contributed by atoms with Crippen molar-refractivity contribution in [2.24, 2.45) is 5.92 Å². The van der Waals surface area contributed by atoms with E-state index in [4.69, 9.17) is 0 Å². The fraction of sp³-hybridized carbons (Fsp3) is 0.647. The van der Waals surface area contributed by atoms with Crippen molar-refractivity contribution in [1.29, 1.82) is 0 Å². The average Bonchev–Trinajstić information content (AvgIpc) is 2.30. The molecule has 0 saturated carbocycles. The summed E-state index contributed by atoms with van der Waals surface area (Å²) in [6.07, 6.45) is 8.45. The second-order valence-electron chi connectivity index (χ2n) is 5.32. The normalized spacial score (nSPS) is 13.1. The van der Waals surface area contributed by atoms with Gasteiger partial charge in [-0.1, -0.05) is 46.3 Å². The van der Waals surface area contributed by atoms with Crippen LogP contribution in [0, 0.1) is 5.92 Å². The first-order chi connectivity index (χ1) is 8.36. The topological polar surface area (TPSA) is 3.24 Å². The third-order valence-electron chi connectivity index (χ3n) is 1.96. The summed E-state index contributed by atoms with van der Waals surface area (Å²) in [5.74, 6) is 0.833. The van der Waals surface area contributed by atoms with E-state index in [1.165, 1.54) is 11.3 Å². The second kappa shape index (κ2) is 11.1. The fourth-order valence-corrected chi connectivity index (χ4v) is 1.33. The molecule has 1 aliphatic rings. The number of allylic oxidation sites excluding steroid dienone is 4. The molecular formula is C17H33N. The smallest absolute Gasteiger partial charge is 0.0394 e. The van der Waals surface area contributed by atoms with E-state index in [-0.39, 0.29) is 0 Å². The minimum atomic E-state index is 0.538. The van der Waals surface area contributed by atoms with E-state index < -0.39 is 0 Å². The lowest BCUT2D eigenvalue weighted by atomic mass is 10.1. The molecule has 1 heterocycles. The molecule has 0 amide bonds. The Balaban J connectivity index is 0. The van der Waals surface area contributed by atoms with Crippen LogP contribution in [-0.2, 0) is 0 Å². The van der Waals surface area contributed by atoms with Crippen LogP contribution in [0.5, 0.6) is 0 Å². The summed E-state index contributed by atoms with van der Waals surface area (Å²) in [5, 5.41) is 0. The molecule has 1 rings (SSSR count). The zero-order valence-electron chi connectivity index (χ0n) is 13.9. The summed E-state index contributed by atoms with van der Waals surface area (Å²) in [6.45, 7) is 19.2. The third-order valence-corrected chi connectivity index (χ3v) is 1.96. The standard InChI is InChI=1S/C11H17N.C4H10.C2H6/c1-9(2)11-7-5-6-8-12(11)10(3)4;1-4(2)3;1-2/h5-8,10H,1-4H3;4H,1-3H3;1-2H3. The van der Waals surface area contributed by atoms with Crippen LogP contribution < -0.4 is 0 Å². The molecule has 0 aromatic carbocycles. The zero-order chi connectivity index (χ0) is 14.7. The van der Waals surface area contributed by atoms with Crippen molar-refractivity contribution in [1.82, 2.24) is 4.90 Å². The Morgan fingerprint density at radius 1 is 0.944 bits per heavy atom. The maximum absolute atomic E-state index is 2.29. The average molecular weight is 251 g/mol. The highest BCUT2D eigenvalue weighted by Gasteiger charge is 2.10. The van der Waals surface area contributed by atoms with Gasteiger partial charge in [0.1, 0.15) is 0 Å². The van der Waals surface area contributed by atoms with Crippen LogP contribution in [0.15, 0.2) is 35.7 Å². The number of hydrogen-bond donors (Lipinski definition) is 0. The van der Waals surface area contributed by atoms with Crippen LogP contribution in [0.25, 0.3) is 0 Å². The predicted molar refractivity (Wildman–Crippen MR) is 85.5 cm³/mol. The lowest BCUT2D eigenvalue weighted by Gasteiger charge is -2.28. The van der Waals surface area contributed by atoms with Gasteiger partial charge < -0.3 is 4.90 Å². The molecule has 0 bridgehead atoms. The molecule has 0 N–H and O–H groups in total. The van der Waals surface area contributed by atoms with E-state index in [0.29, 0.717) is 6.04 Å². The maximum atomic E-state index is 2.29. The monoisotopic (exact) mass is 251 g/mol. The maximum Gasteiger partial charge on any atom is 0.0394 e. The number of rotatable bonds is 1. The van der Waals surface area contributed by atoms with Crippen LogP contribution >= 0.6 is 0 Å². The summed E-state index contributed by atoms with van der Waals surface area (Å²) < 4.78 is 0. The highest BCUT2D eigenvalue weighted by atomic mass is 15.1. The van der Waals surface area contributed by atoms with Gasteiger partial charge in [0.05, 0.1) is 0 Å². The van der Waals surface area contributed by atoms with Crippen molar-refractivity contribution in [2.45, 2.75) is 68.4 Å². The van der Waals surface area contributed by atoms with Gasteiger partial charge in [-0.2, -0.15) is 0 Å². The van der Waals surface area contributed by atoms with E-state index in [0.717, 1.165) is 5.92 Å². The molecule has 0 fully saturated rings. The summed E-state index contributed by atoms with van der Waals surface area (Å²) in [5.41, 5.74) is 2.69. The Kier molecular flexibility index (Phi) is 12.0. The largest absolute Gasteiger partial charge is 0.346 e. The molecule has 0 spiro atoms. The summed E-state index contributed by atoms with van der Waals surface area (Å²) >= 11 is 0. The van der Waals surface area contributed by atoms with Gasteiger partial charge in [0.2, 0.25) is 0 Å². The van der Waals surface area contributed by atoms with Crippen molar-refractivity contribution in [3.63, 3.8) is 0 Å². The molecule has 0 unspecified atom stereocenters. The van der Waals surface area contributed by atoms with Crippen LogP contribution in [0.3, 0.4) is 0 Å². The Hall–Kier alpha value is -0.980. The highest BCUT2D eigenvalue weighted by molar-refractivity contribution is 5.31. The second-order valence-corrected chi connectivity index (χ2v) is 5.32. The fourth-order valence-electron chi connectivity index (χ4n) is 1.33. The lowest BCUT2D eigenvalue weighted by molar-refractivity contribution is 0.389. The predicted octanol–water partition coefficient (Wildman–Crippen LogP) is 5.76. The molecule has 0 aromatic heterocycles. The lowest BCUT2D eigenvalue weighted by Crippen LogP contribution is -2.25. The molecule has 18 heavy (non-hydrogen) atoms. The molecule has 0 aliphatic carbocycles. The molecule has 0 aromatic rings. The van der Waals surface area contributed by atoms with E-state index in [9.17, 15) is 0 Å². The van der Waals surface area contributed by atoms with Crippen molar-refractivity contribution in [3.8, 4) is 0 Å². The summed E-state index contributed by atoms with van der Waals surface area (Å²) in [7, 11) is 0. The molecule has 1 aliphatic heterocycles. The van der Waals surface area contributed by atoms with E-state index >= 15 is 0 Å². The van der Waals surface area contributed by atoms with Gasteiger partial charge in [0, 0.05) is 17.9 Å². The first-order valence-electron chi connectivity index (χ1n) is 7.17. The Morgan fingerprint density at radius 3 is 1.67 bits per heavy atom. The van der Waals surface area contributed by atoms with Gasteiger partial charge in [-0.15, -0.1) is 0 Å². The summed E-state index contributed by atoms with van der Waals surface area (Å²) in [6, 6.07) is 0.538. The van der Waals surface area contributed by atoms with Gasteiger partial charge in [0.15, 0.2) is 0 Å². The minimum Gasteiger partial charge on any atom is -0.346 e. The van der Waals surface area contributed by atoms with Gasteiger partial charge in [0.25, 0.3) is 0 Å². The Morgan fingerprint density at radius 2 is 1.39 bits per heavy atom. The third kappa shape index (κ3) is 9.09. The zero-order valence-corrected chi connectivity index (χ0v) is 13.9. The van der Waals surface area contributed by atoms with E-state index in [1.807, 2.05) is 13.8 Å². The van der Waals surface area contributed by atoms with Gasteiger partial charge in [-0.3, -0.25) is 0 Å². The van der Waals surface area contributed by atoms with Crippen molar-refractivity contribution in [2.75, 3.05) is 0 Å². The quantitative estimate of drug-likeness (QED) is 0.572. The minimum absolute atomic E-state index is 0.538. The molecular weight excluding hydrogens is 218 g/mol. The van der Waals surface area contributed by atoms with Crippen LogP contribution in [-0.4, -0.2) is 10.9 Å². The first-order valence-corrected chi connectivity index (χ1v) is 7.17. The SMILES string of the molecule is CC.CC(C)=C1C=CC=CN1C(C)C.CC(C)C. The molecule has 0 saturated heterocycles. The van der Waals surface area contributed by atoms with E-state index in [2.05, 4.69) is 77.8 Å². The van der Waals surface area contributed by atoms with Gasteiger partial charge in [-0.05, 0) is 45.8 Å². The Labute approximate surface area is 115 Å². The van der Waals surface area contributed by atoms with Crippen LogP contribution in [0.1, 0.15) is 62.3 Å². The van der Waals surface area contributed by atoms with E-state index in [1.54, 1.807) is 0 Å². The summed E-state index contributed by atoms with van der Waals surface area (Å²) in [4.78, 5) is 2.29. The van der Waals surface area contributed by atoms with Gasteiger partial charge >= 0.3 is 0 Å². The van der Waals surface area contributed by atoms with Crippen molar-refractivity contribution in [3.05, 3.63) is 35.7 Å². The molecule has 1 nitrogen and oxygen atoms in total. The molecule has 106 valence electrons. The number of hydrogen-bond acceptors (Lipinski definition) is 1. The number of nitrogens with zero attached hydrogens (tertiary/aromatic N) is 1. The van der Waals surface area contributed by atoms with Crippen LogP contribution in [0.4, 0.5) is 0 Å². The molecule has 1 heteroatoms.